The summed E-state index contributed by atoms with van der Waals surface area (Å²) in [6.45, 7) is 4.21. The highest BCUT2D eigenvalue weighted by Gasteiger charge is 2.27. The minimum Gasteiger partial charge on any atom is -0.462 e. The van der Waals surface area contributed by atoms with Crippen LogP contribution in [0.3, 0.4) is 0 Å². The maximum Gasteiger partial charge on any atom is 0.472 e. The van der Waals surface area contributed by atoms with Gasteiger partial charge in [0.25, 0.3) is 0 Å². The lowest BCUT2D eigenvalue weighted by Gasteiger charge is -2.24. The van der Waals surface area contributed by atoms with Crippen molar-refractivity contribution in [2.45, 2.75) is 200 Å². The molecular formula is C56H97NO8P+. The van der Waals surface area contributed by atoms with Crippen LogP contribution in [0, 0.1) is 0 Å². The van der Waals surface area contributed by atoms with Crippen LogP contribution in [-0.4, -0.2) is 74.9 Å². The number of nitrogens with zero attached hydrogens (tertiary/aromatic N) is 1. The van der Waals surface area contributed by atoms with Crippen molar-refractivity contribution < 1.29 is 42.1 Å². The highest BCUT2D eigenvalue weighted by Crippen LogP contribution is 2.43. The monoisotopic (exact) mass is 943 g/mol. The van der Waals surface area contributed by atoms with Gasteiger partial charge < -0.3 is 18.9 Å². The number of phosphoric ester groups is 1. The van der Waals surface area contributed by atoms with Crippen molar-refractivity contribution in [3.63, 3.8) is 0 Å². The van der Waals surface area contributed by atoms with Crippen molar-refractivity contribution in [3.8, 4) is 0 Å². The molecular weight excluding hydrogens is 846 g/mol. The van der Waals surface area contributed by atoms with Gasteiger partial charge in [-0.05, 0) is 89.9 Å². The molecule has 0 fully saturated rings. The maximum atomic E-state index is 12.8. The summed E-state index contributed by atoms with van der Waals surface area (Å²) in [5.74, 6) is -0.826. The van der Waals surface area contributed by atoms with Crippen molar-refractivity contribution >= 4 is 19.8 Å². The van der Waals surface area contributed by atoms with Gasteiger partial charge in [0.1, 0.15) is 19.8 Å². The fourth-order valence-electron chi connectivity index (χ4n) is 6.58. The van der Waals surface area contributed by atoms with Gasteiger partial charge in [0.05, 0.1) is 27.7 Å². The molecule has 0 spiro atoms. The zero-order valence-corrected chi connectivity index (χ0v) is 43.5. The van der Waals surface area contributed by atoms with Gasteiger partial charge in [-0.2, -0.15) is 0 Å². The number of quaternary nitrogens is 1. The molecule has 9 nitrogen and oxygen atoms in total. The van der Waals surface area contributed by atoms with Crippen LogP contribution < -0.4 is 0 Å². The van der Waals surface area contributed by atoms with E-state index in [-0.39, 0.29) is 32.0 Å². The highest BCUT2D eigenvalue weighted by molar-refractivity contribution is 7.47. The molecule has 0 aliphatic rings. The van der Waals surface area contributed by atoms with Gasteiger partial charge in [-0.3, -0.25) is 18.6 Å². The van der Waals surface area contributed by atoms with Crippen molar-refractivity contribution in [2.24, 2.45) is 0 Å². The third-order valence-corrected chi connectivity index (χ3v) is 11.6. The Morgan fingerprint density at radius 1 is 0.485 bits per heavy atom. The van der Waals surface area contributed by atoms with Crippen molar-refractivity contribution in [1.29, 1.82) is 0 Å². The minimum atomic E-state index is -4.39. The number of carbonyl (C=O) groups excluding carboxylic acids is 2. The zero-order chi connectivity index (χ0) is 48.5. The summed E-state index contributed by atoms with van der Waals surface area (Å²) in [7, 11) is 1.45. The number of phosphoric acid groups is 1. The van der Waals surface area contributed by atoms with Crippen LogP contribution in [0.4, 0.5) is 0 Å². The summed E-state index contributed by atoms with van der Waals surface area (Å²) in [5.41, 5.74) is 0. The van der Waals surface area contributed by atoms with Gasteiger partial charge >= 0.3 is 19.8 Å². The van der Waals surface area contributed by atoms with Crippen LogP contribution >= 0.6 is 7.82 Å². The van der Waals surface area contributed by atoms with Crippen molar-refractivity contribution in [2.75, 3.05) is 47.5 Å². The zero-order valence-electron chi connectivity index (χ0n) is 42.6. The number of carbonyl (C=O) groups is 2. The fourth-order valence-corrected chi connectivity index (χ4v) is 7.33. The second kappa shape index (κ2) is 47.0. The Hall–Kier alpha value is -3.07. The van der Waals surface area contributed by atoms with E-state index in [4.69, 9.17) is 18.5 Å². The SMILES string of the molecule is CC/C=C\C/C=C\C/C=C\C/C=C\C/C=C\C/C=C\CCCCCCCCCCCCC(=O)OC(COC(=O)CCCCCCC/C=C\C/C=C\CCC)COP(=O)(O)OCC[N+](C)(C)C. The lowest BCUT2D eigenvalue weighted by atomic mass is 10.0. The third-order valence-electron chi connectivity index (χ3n) is 10.6. The first kappa shape index (κ1) is 62.9. The number of hydrogen-bond donors (Lipinski definition) is 1. The molecule has 0 aliphatic heterocycles. The molecule has 0 amide bonds. The van der Waals surface area contributed by atoms with E-state index in [9.17, 15) is 19.0 Å². The second-order valence-corrected chi connectivity index (χ2v) is 19.6. The van der Waals surface area contributed by atoms with Gasteiger partial charge in [-0.15, -0.1) is 0 Å². The molecule has 0 aromatic heterocycles. The topological polar surface area (TPSA) is 108 Å². The molecule has 0 aromatic carbocycles. The highest BCUT2D eigenvalue weighted by atomic mass is 31.2. The maximum absolute atomic E-state index is 12.8. The summed E-state index contributed by atoms with van der Waals surface area (Å²) in [4.78, 5) is 35.5. The molecule has 0 saturated carbocycles. The summed E-state index contributed by atoms with van der Waals surface area (Å²) < 4.78 is 34.4. The number of unbranched alkanes of at least 4 members (excludes halogenated alkanes) is 16. The van der Waals surface area contributed by atoms with E-state index in [0.717, 1.165) is 116 Å². The first-order valence-corrected chi connectivity index (χ1v) is 27.5. The lowest BCUT2D eigenvalue weighted by molar-refractivity contribution is -0.870. The lowest BCUT2D eigenvalue weighted by Crippen LogP contribution is -2.37. The van der Waals surface area contributed by atoms with E-state index < -0.39 is 26.5 Å². The van der Waals surface area contributed by atoms with Crippen molar-refractivity contribution in [3.05, 3.63) is 97.2 Å². The Labute approximate surface area is 404 Å². The molecule has 0 heterocycles. The first-order chi connectivity index (χ1) is 32.0. The quantitative estimate of drug-likeness (QED) is 0.0211. The number of rotatable bonds is 46. The van der Waals surface area contributed by atoms with Crippen LogP contribution in [0.5, 0.6) is 0 Å². The molecule has 0 aliphatic carbocycles. The molecule has 0 bridgehead atoms. The Bertz CT molecular complexity index is 1440. The predicted molar refractivity (Wildman–Crippen MR) is 279 cm³/mol. The van der Waals surface area contributed by atoms with E-state index in [1.807, 2.05) is 21.1 Å². The van der Waals surface area contributed by atoms with Crippen LogP contribution in [0.2, 0.25) is 0 Å². The summed E-state index contributed by atoms with van der Waals surface area (Å²) in [6.07, 6.45) is 63.2. The second-order valence-electron chi connectivity index (χ2n) is 18.2. The standard InChI is InChI=1S/C56H96NO8P/c1-6-8-10-12-14-16-18-20-21-22-23-24-25-26-27-28-29-30-31-32-33-34-35-37-39-41-43-45-47-49-56(59)65-54(53-64-66(60,61)63-51-50-57(3,4)5)52-62-55(58)48-46-44-42-40-38-36-19-17-15-13-11-9-7-2/h8,10-11,13-14,16-17,19-21,23-24,26-27,29-30,54H,6-7,9,12,15,18,22,25,28,31-53H2,1-5H3/p+1/b10-8-,13-11-,16-14-,19-17-,21-20-,24-23-,27-26-,30-29-. The number of allylic oxidation sites excluding steroid dienone is 16. The molecule has 10 heteroatoms. The molecule has 378 valence electrons. The average Bonchev–Trinajstić information content (AvgIpc) is 3.27. The van der Waals surface area contributed by atoms with Crippen molar-refractivity contribution in [1.82, 2.24) is 0 Å². The van der Waals surface area contributed by atoms with E-state index in [1.165, 1.54) is 44.9 Å². The fraction of sp³-hybridized carbons (Fsp3) is 0.679. The Morgan fingerprint density at radius 3 is 1.29 bits per heavy atom. The number of likely N-dealkylation sites (N-methyl/N-ethyl adjacent to an activating group) is 1. The van der Waals surface area contributed by atoms with E-state index in [1.54, 1.807) is 0 Å². The van der Waals surface area contributed by atoms with Gasteiger partial charge in [-0.25, -0.2) is 4.57 Å². The summed E-state index contributed by atoms with van der Waals surface area (Å²) >= 11 is 0. The Kier molecular flexibility index (Phi) is 44.8. The van der Waals surface area contributed by atoms with Crippen LogP contribution in [0.15, 0.2) is 97.2 Å². The van der Waals surface area contributed by atoms with Crippen LogP contribution in [0.25, 0.3) is 0 Å². The van der Waals surface area contributed by atoms with E-state index in [2.05, 4.69) is 111 Å². The van der Waals surface area contributed by atoms with Crippen LogP contribution in [0.1, 0.15) is 194 Å². The van der Waals surface area contributed by atoms with Crippen LogP contribution in [-0.2, 0) is 32.7 Å². The van der Waals surface area contributed by atoms with Gasteiger partial charge in [0.2, 0.25) is 0 Å². The number of esters is 2. The van der Waals surface area contributed by atoms with E-state index in [0.29, 0.717) is 17.4 Å². The summed E-state index contributed by atoms with van der Waals surface area (Å²) in [6, 6.07) is 0. The number of hydrogen-bond acceptors (Lipinski definition) is 7. The average molecular weight is 943 g/mol. The first-order valence-electron chi connectivity index (χ1n) is 26.0. The normalized spacial score (nSPS) is 14.2. The molecule has 2 atom stereocenters. The van der Waals surface area contributed by atoms with Gasteiger partial charge in [0.15, 0.2) is 6.10 Å². The molecule has 2 unspecified atom stereocenters. The Balaban J connectivity index is 4.20. The number of ether oxygens (including phenoxy) is 2. The molecule has 66 heavy (non-hydrogen) atoms. The molecule has 0 aromatic rings. The molecule has 0 rings (SSSR count). The van der Waals surface area contributed by atoms with E-state index >= 15 is 0 Å². The predicted octanol–water partition coefficient (Wildman–Crippen LogP) is 15.7. The van der Waals surface area contributed by atoms with Gasteiger partial charge in [0, 0.05) is 12.8 Å². The van der Waals surface area contributed by atoms with Gasteiger partial charge in [-0.1, -0.05) is 188 Å². The summed E-state index contributed by atoms with van der Waals surface area (Å²) in [5, 5.41) is 0. The molecule has 0 radical (unpaired) electrons. The Morgan fingerprint density at radius 2 is 0.864 bits per heavy atom. The largest absolute Gasteiger partial charge is 0.472 e. The minimum absolute atomic E-state index is 0.0237. The smallest absolute Gasteiger partial charge is 0.462 e. The molecule has 0 saturated heterocycles. The third kappa shape index (κ3) is 50.3. The molecule has 1 N–H and O–H groups in total.